The van der Waals surface area contributed by atoms with Crippen molar-refractivity contribution < 1.29 is 9.32 Å². The summed E-state index contributed by atoms with van der Waals surface area (Å²) in [6.45, 7) is 1.93. The van der Waals surface area contributed by atoms with Gasteiger partial charge in [0.1, 0.15) is 5.69 Å². The number of para-hydroxylation sites is 1. The molecule has 0 aliphatic carbocycles. The number of benzene rings is 1. The van der Waals surface area contributed by atoms with Gasteiger partial charge in [0.15, 0.2) is 5.58 Å². The standard InChI is InChI=1S/C13H15ClN2O2/c1-9(6-7-14)15-13(17)8-11-10-4-2-3-5-12(10)18-16-11/h2-5,9H,6-8H2,1H3,(H,15,17). The van der Waals surface area contributed by atoms with Crippen LogP contribution in [0.4, 0.5) is 0 Å². The number of nitrogens with zero attached hydrogens (tertiary/aromatic N) is 1. The Kier molecular flexibility index (Phi) is 4.20. The molecular weight excluding hydrogens is 252 g/mol. The highest BCUT2D eigenvalue weighted by Gasteiger charge is 2.13. The average molecular weight is 267 g/mol. The van der Waals surface area contributed by atoms with Gasteiger partial charge in [-0.15, -0.1) is 11.6 Å². The molecule has 18 heavy (non-hydrogen) atoms. The normalized spacial score (nSPS) is 12.6. The third kappa shape index (κ3) is 3.01. The number of carbonyl (C=O) groups is 1. The van der Waals surface area contributed by atoms with Crippen LogP contribution in [-0.4, -0.2) is 23.0 Å². The molecule has 96 valence electrons. The van der Waals surface area contributed by atoms with Crippen molar-refractivity contribution in [2.24, 2.45) is 0 Å². The number of hydrogen-bond acceptors (Lipinski definition) is 3. The van der Waals surface area contributed by atoms with E-state index in [1.54, 1.807) is 0 Å². The Morgan fingerprint density at radius 1 is 1.50 bits per heavy atom. The van der Waals surface area contributed by atoms with E-state index in [-0.39, 0.29) is 18.4 Å². The van der Waals surface area contributed by atoms with Gasteiger partial charge in [-0.3, -0.25) is 4.79 Å². The maximum Gasteiger partial charge on any atom is 0.226 e. The summed E-state index contributed by atoms with van der Waals surface area (Å²) in [5.74, 6) is 0.473. The van der Waals surface area contributed by atoms with Crippen molar-refractivity contribution >= 4 is 28.5 Å². The largest absolute Gasteiger partial charge is 0.356 e. The van der Waals surface area contributed by atoms with E-state index in [9.17, 15) is 4.79 Å². The van der Waals surface area contributed by atoms with Crippen LogP contribution in [0.3, 0.4) is 0 Å². The van der Waals surface area contributed by atoms with Gasteiger partial charge >= 0.3 is 0 Å². The molecule has 2 rings (SSSR count). The Balaban J connectivity index is 2.03. The van der Waals surface area contributed by atoms with Gasteiger partial charge in [0.2, 0.25) is 5.91 Å². The molecule has 1 amide bonds. The third-order valence-electron chi connectivity index (χ3n) is 2.73. The molecule has 0 saturated carbocycles. The van der Waals surface area contributed by atoms with Crippen LogP contribution in [0, 0.1) is 0 Å². The Hall–Kier alpha value is -1.55. The van der Waals surface area contributed by atoms with Crippen molar-refractivity contribution in [2.45, 2.75) is 25.8 Å². The zero-order valence-corrected chi connectivity index (χ0v) is 10.9. The predicted molar refractivity (Wildman–Crippen MR) is 70.7 cm³/mol. The van der Waals surface area contributed by atoms with Crippen LogP contribution in [0.5, 0.6) is 0 Å². The van der Waals surface area contributed by atoms with Crippen LogP contribution in [0.15, 0.2) is 28.8 Å². The van der Waals surface area contributed by atoms with Crippen LogP contribution < -0.4 is 5.32 Å². The Labute approximate surface area is 110 Å². The number of fused-ring (bicyclic) bond motifs is 1. The molecular formula is C13H15ClN2O2. The number of carbonyl (C=O) groups excluding carboxylic acids is 1. The lowest BCUT2D eigenvalue weighted by Gasteiger charge is -2.11. The number of hydrogen-bond donors (Lipinski definition) is 1. The Bertz CT molecular complexity index is 539. The van der Waals surface area contributed by atoms with E-state index in [4.69, 9.17) is 16.1 Å². The number of halogens is 1. The molecule has 4 nitrogen and oxygen atoms in total. The summed E-state index contributed by atoms with van der Waals surface area (Å²) in [6.07, 6.45) is 0.983. The van der Waals surface area contributed by atoms with Crippen molar-refractivity contribution in [1.29, 1.82) is 0 Å². The first-order valence-corrected chi connectivity index (χ1v) is 6.42. The number of aromatic nitrogens is 1. The summed E-state index contributed by atoms with van der Waals surface area (Å²) in [5.41, 5.74) is 1.37. The van der Waals surface area contributed by atoms with Crippen molar-refractivity contribution in [3.8, 4) is 0 Å². The van der Waals surface area contributed by atoms with Gasteiger partial charge in [-0.05, 0) is 25.5 Å². The molecule has 1 unspecified atom stereocenters. The zero-order chi connectivity index (χ0) is 13.0. The second-order valence-electron chi connectivity index (χ2n) is 4.25. The van der Waals surface area contributed by atoms with E-state index >= 15 is 0 Å². The van der Waals surface area contributed by atoms with Gasteiger partial charge in [0.25, 0.3) is 0 Å². The van der Waals surface area contributed by atoms with Gasteiger partial charge in [0, 0.05) is 17.3 Å². The summed E-state index contributed by atoms with van der Waals surface area (Å²) in [6, 6.07) is 7.58. The van der Waals surface area contributed by atoms with Crippen LogP contribution in [0.25, 0.3) is 11.0 Å². The van der Waals surface area contributed by atoms with Crippen molar-refractivity contribution in [1.82, 2.24) is 10.5 Å². The molecule has 1 heterocycles. The van der Waals surface area contributed by atoms with E-state index < -0.39 is 0 Å². The molecule has 0 radical (unpaired) electrons. The first-order valence-electron chi connectivity index (χ1n) is 5.89. The van der Waals surface area contributed by atoms with Crippen LogP contribution in [0.1, 0.15) is 19.0 Å². The number of nitrogens with one attached hydrogen (secondary N) is 1. The quantitative estimate of drug-likeness (QED) is 0.846. The summed E-state index contributed by atoms with van der Waals surface area (Å²) >= 11 is 5.62. The van der Waals surface area contributed by atoms with Crippen LogP contribution in [-0.2, 0) is 11.2 Å². The summed E-state index contributed by atoms with van der Waals surface area (Å²) in [4.78, 5) is 11.8. The lowest BCUT2D eigenvalue weighted by molar-refractivity contribution is -0.121. The second kappa shape index (κ2) is 5.87. The van der Waals surface area contributed by atoms with E-state index in [1.807, 2.05) is 31.2 Å². The molecule has 1 aromatic carbocycles. The molecule has 1 N–H and O–H groups in total. The first kappa shape index (κ1) is 12.9. The highest BCUT2D eigenvalue weighted by molar-refractivity contribution is 6.17. The SMILES string of the molecule is CC(CCCl)NC(=O)Cc1noc2ccccc12. The maximum atomic E-state index is 11.8. The second-order valence-corrected chi connectivity index (χ2v) is 4.63. The number of alkyl halides is 1. The summed E-state index contributed by atoms with van der Waals surface area (Å²) in [7, 11) is 0. The smallest absolute Gasteiger partial charge is 0.226 e. The van der Waals surface area contributed by atoms with Gasteiger partial charge in [0.05, 0.1) is 6.42 Å². The van der Waals surface area contributed by atoms with Gasteiger partial charge in [-0.1, -0.05) is 17.3 Å². The number of rotatable bonds is 5. The van der Waals surface area contributed by atoms with Crippen molar-refractivity contribution in [3.63, 3.8) is 0 Å². The minimum atomic E-state index is -0.0633. The summed E-state index contributed by atoms with van der Waals surface area (Å²) < 4.78 is 5.15. The maximum absolute atomic E-state index is 11.8. The molecule has 0 bridgehead atoms. The highest BCUT2D eigenvalue weighted by atomic mass is 35.5. The molecule has 1 atom stereocenters. The fourth-order valence-electron chi connectivity index (χ4n) is 1.78. The van der Waals surface area contributed by atoms with E-state index in [1.165, 1.54) is 0 Å². The topological polar surface area (TPSA) is 55.1 Å². The average Bonchev–Trinajstić information content (AvgIpc) is 2.73. The van der Waals surface area contributed by atoms with Gasteiger partial charge in [-0.2, -0.15) is 0 Å². The van der Waals surface area contributed by atoms with Crippen LogP contribution >= 0.6 is 11.6 Å². The molecule has 0 spiro atoms. The first-order chi connectivity index (χ1) is 8.70. The zero-order valence-electron chi connectivity index (χ0n) is 10.1. The highest BCUT2D eigenvalue weighted by Crippen LogP contribution is 2.17. The Morgan fingerprint density at radius 3 is 3.06 bits per heavy atom. The summed E-state index contributed by atoms with van der Waals surface area (Å²) in [5, 5.41) is 7.69. The molecule has 0 saturated heterocycles. The molecule has 5 heteroatoms. The molecule has 1 aromatic heterocycles. The number of amides is 1. The molecule has 0 aliphatic heterocycles. The van der Waals surface area contributed by atoms with Crippen LogP contribution in [0.2, 0.25) is 0 Å². The minimum absolute atomic E-state index is 0.0633. The predicted octanol–water partition coefficient (Wildman–Crippen LogP) is 2.50. The van der Waals surface area contributed by atoms with Gasteiger partial charge in [-0.25, -0.2) is 0 Å². The van der Waals surface area contributed by atoms with Crippen molar-refractivity contribution in [3.05, 3.63) is 30.0 Å². The fraction of sp³-hybridized carbons (Fsp3) is 0.385. The molecule has 2 aromatic rings. The molecule has 0 fully saturated rings. The van der Waals surface area contributed by atoms with E-state index in [2.05, 4.69) is 10.5 Å². The molecule has 0 aliphatic rings. The lowest BCUT2D eigenvalue weighted by atomic mass is 10.1. The minimum Gasteiger partial charge on any atom is -0.356 e. The third-order valence-corrected chi connectivity index (χ3v) is 2.95. The lowest BCUT2D eigenvalue weighted by Crippen LogP contribution is -2.34. The Morgan fingerprint density at radius 2 is 2.28 bits per heavy atom. The van der Waals surface area contributed by atoms with E-state index in [0.717, 1.165) is 11.8 Å². The van der Waals surface area contributed by atoms with E-state index in [0.29, 0.717) is 17.2 Å². The van der Waals surface area contributed by atoms with Crippen molar-refractivity contribution in [2.75, 3.05) is 5.88 Å². The van der Waals surface area contributed by atoms with Gasteiger partial charge < -0.3 is 9.84 Å². The fourth-order valence-corrected chi connectivity index (χ4v) is 2.11. The monoisotopic (exact) mass is 266 g/mol.